The Bertz CT molecular complexity index is 2760. The van der Waals surface area contributed by atoms with Crippen LogP contribution in [0.1, 0.15) is 140 Å². The third kappa shape index (κ3) is 4.90. The third-order valence-electron chi connectivity index (χ3n) is 19.4. The summed E-state index contributed by atoms with van der Waals surface area (Å²) in [4.78, 5) is 2.57. The molecule has 0 amide bonds. The fourth-order valence-corrected chi connectivity index (χ4v) is 16.4. The lowest BCUT2D eigenvalue weighted by molar-refractivity contribution is -0.231. The van der Waals surface area contributed by atoms with Crippen LogP contribution in [0.5, 0.6) is 0 Å². The third-order valence-corrected chi connectivity index (χ3v) is 19.4. The van der Waals surface area contributed by atoms with Crippen LogP contribution in [0.4, 0.5) is 17.1 Å². The highest BCUT2D eigenvalue weighted by atomic mass is 15.1. The van der Waals surface area contributed by atoms with Crippen molar-refractivity contribution in [1.29, 1.82) is 0 Å². The van der Waals surface area contributed by atoms with Crippen LogP contribution >= 0.6 is 0 Å². The van der Waals surface area contributed by atoms with E-state index >= 15 is 0 Å². The summed E-state index contributed by atoms with van der Waals surface area (Å²) in [6.45, 7) is 19.6. The van der Waals surface area contributed by atoms with Gasteiger partial charge in [-0.1, -0.05) is 146 Å². The smallest absolute Gasteiger partial charge is 0.0465 e. The molecule has 0 aliphatic heterocycles. The Balaban J connectivity index is 0.956. The summed E-state index contributed by atoms with van der Waals surface area (Å²) in [5.74, 6) is 3.49. The van der Waals surface area contributed by atoms with E-state index < -0.39 is 0 Å². The van der Waals surface area contributed by atoms with Crippen LogP contribution in [-0.4, -0.2) is 0 Å². The minimum atomic E-state index is 0.133. The first kappa shape index (κ1) is 38.6. The quantitative estimate of drug-likeness (QED) is 0.167. The number of benzene rings is 6. The number of fused-ring (bicyclic) bond motifs is 10. The molecule has 1 heteroatoms. The summed E-state index contributed by atoms with van der Waals surface area (Å²) in [5.41, 5.74) is 22.9. The van der Waals surface area contributed by atoms with Gasteiger partial charge < -0.3 is 4.90 Å². The lowest BCUT2D eigenvalue weighted by Crippen LogP contribution is -2.73. The summed E-state index contributed by atoms with van der Waals surface area (Å²) in [6, 6.07) is 50.6. The molecule has 2 bridgehead atoms. The average Bonchev–Trinajstić information content (AvgIpc) is 3.91. The monoisotopic (exact) mass is 824 g/mol. The number of nitrogens with zero attached hydrogens (tertiary/aromatic N) is 1. The van der Waals surface area contributed by atoms with Gasteiger partial charge in [0, 0.05) is 22.5 Å². The van der Waals surface area contributed by atoms with E-state index in [-0.39, 0.29) is 27.1 Å². The van der Waals surface area contributed by atoms with Crippen molar-refractivity contribution < 1.29 is 0 Å². The molecule has 13 rings (SSSR count). The first-order chi connectivity index (χ1) is 30.1. The zero-order valence-electron chi connectivity index (χ0n) is 39.0. The second kappa shape index (κ2) is 12.5. The fraction of sp³-hybridized carbons (Fsp3) is 0.419. The summed E-state index contributed by atoms with van der Waals surface area (Å²) < 4.78 is 0. The molecule has 7 aliphatic rings. The van der Waals surface area contributed by atoms with Gasteiger partial charge in [-0.15, -0.1) is 0 Å². The van der Waals surface area contributed by atoms with Crippen LogP contribution in [0.3, 0.4) is 0 Å². The Morgan fingerprint density at radius 2 is 0.889 bits per heavy atom. The van der Waals surface area contributed by atoms with Gasteiger partial charge >= 0.3 is 0 Å². The molecule has 318 valence electrons. The summed E-state index contributed by atoms with van der Waals surface area (Å²) in [5, 5.41) is 0. The van der Waals surface area contributed by atoms with Gasteiger partial charge in [0.15, 0.2) is 0 Å². The first-order valence-corrected chi connectivity index (χ1v) is 24.7. The molecule has 6 aromatic rings. The summed E-state index contributed by atoms with van der Waals surface area (Å²) >= 11 is 0. The predicted molar refractivity (Wildman–Crippen MR) is 264 cm³/mol. The van der Waals surface area contributed by atoms with Gasteiger partial charge in [-0.05, 0) is 205 Å². The van der Waals surface area contributed by atoms with Crippen molar-refractivity contribution in [3.63, 3.8) is 0 Å². The molecular formula is C62H65N. The van der Waals surface area contributed by atoms with Crippen molar-refractivity contribution in [3.8, 4) is 33.4 Å². The maximum absolute atomic E-state index is 2.67. The molecule has 0 heterocycles. The number of hydrogen-bond acceptors (Lipinski definition) is 1. The van der Waals surface area contributed by atoms with Crippen molar-refractivity contribution in [2.75, 3.05) is 4.90 Å². The van der Waals surface area contributed by atoms with E-state index in [9.17, 15) is 0 Å². The first-order valence-electron chi connectivity index (χ1n) is 24.7. The largest absolute Gasteiger partial charge is 0.310 e. The fourth-order valence-electron chi connectivity index (χ4n) is 16.4. The molecule has 0 aromatic heterocycles. The highest BCUT2D eigenvalue weighted by molar-refractivity contribution is 5.88. The highest BCUT2D eigenvalue weighted by Gasteiger charge is 2.84. The topological polar surface area (TPSA) is 3.24 Å². The van der Waals surface area contributed by atoms with Crippen LogP contribution in [0.2, 0.25) is 0 Å². The molecule has 4 saturated carbocycles. The SMILES string of the molecule is CC1(C)CCC(C)(C)c2c(-c3ccc(N(c4ccc(-c5cccc6c5C(C)(C)CCC6(C)C)cc4)c4ccc5c(c4)C4(c6ccccc6-5)C5CC6CC7CC4C75C6)cc3)cccc21. The average molecular weight is 824 g/mol. The van der Waals surface area contributed by atoms with E-state index in [1.54, 1.807) is 11.1 Å². The lowest BCUT2D eigenvalue weighted by Gasteiger charge is -2.76. The van der Waals surface area contributed by atoms with Crippen LogP contribution in [-0.2, 0) is 27.1 Å². The van der Waals surface area contributed by atoms with Gasteiger partial charge in [0.25, 0.3) is 0 Å². The van der Waals surface area contributed by atoms with Gasteiger partial charge in [0.2, 0.25) is 0 Å². The second-order valence-corrected chi connectivity index (χ2v) is 24.3. The molecule has 6 unspecified atom stereocenters. The summed E-state index contributed by atoms with van der Waals surface area (Å²) in [7, 11) is 0. The maximum atomic E-state index is 2.67. The molecule has 4 fully saturated rings. The van der Waals surface area contributed by atoms with Crippen molar-refractivity contribution in [3.05, 3.63) is 161 Å². The van der Waals surface area contributed by atoms with E-state index in [2.05, 4.69) is 188 Å². The van der Waals surface area contributed by atoms with Gasteiger partial charge in [0.1, 0.15) is 0 Å². The number of hydrogen-bond donors (Lipinski definition) is 0. The predicted octanol–water partition coefficient (Wildman–Crippen LogP) is 16.5. The molecule has 1 nitrogen and oxygen atoms in total. The Hall–Kier alpha value is -4.88. The van der Waals surface area contributed by atoms with Gasteiger partial charge in [-0.2, -0.15) is 0 Å². The van der Waals surface area contributed by atoms with Crippen molar-refractivity contribution in [2.45, 2.75) is 134 Å². The van der Waals surface area contributed by atoms with E-state index in [0.29, 0.717) is 5.41 Å². The maximum Gasteiger partial charge on any atom is 0.0465 e. The molecule has 7 aliphatic carbocycles. The van der Waals surface area contributed by atoms with Crippen LogP contribution in [0.15, 0.2) is 127 Å². The molecule has 0 N–H and O–H groups in total. The van der Waals surface area contributed by atoms with Crippen molar-refractivity contribution in [2.24, 2.45) is 29.1 Å². The molecule has 0 radical (unpaired) electrons. The number of rotatable bonds is 5. The van der Waals surface area contributed by atoms with Gasteiger partial charge in [-0.25, -0.2) is 0 Å². The zero-order valence-corrected chi connectivity index (χ0v) is 39.0. The Morgan fingerprint density at radius 1 is 0.413 bits per heavy atom. The van der Waals surface area contributed by atoms with Crippen LogP contribution < -0.4 is 4.90 Å². The van der Waals surface area contributed by atoms with E-state index in [1.807, 2.05) is 0 Å². The van der Waals surface area contributed by atoms with Gasteiger partial charge in [-0.3, -0.25) is 0 Å². The Labute approximate surface area is 377 Å². The minimum absolute atomic E-state index is 0.133. The van der Waals surface area contributed by atoms with E-state index in [0.717, 1.165) is 23.7 Å². The van der Waals surface area contributed by atoms with E-state index in [1.165, 1.54) is 124 Å². The van der Waals surface area contributed by atoms with Gasteiger partial charge in [0.05, 0.1) is 0 Å². The summed E-state index contributed by atoms with van der Waals surface area (Å²) in [6.07, 6.45) is 10.7. The van der Waals surface area contributed by atoms with Crippen molar-refractivity contribution >= 4 is 17.1 Å². The van der Waals surface area contributed by atoms with E-state index in [4.69, 9.17) is 0 Å². The Kier molecular flexibility index (Phi) is 7.63. The lowest BCUT2D eigenvalue weighted by atomic mass is 9.27. The normalized spacial score (nSPS) is 29.7. The molecular weight excluding hydrogens is 759 g/mol. The Morgan fingerprint density at radius 3 is 1.46 bits per heavy atom. The molecule has 6 atom stereocenters. The highest BCUT2D eigenvalue weighted by Crippen LogP contribution is 2.89. The molecule has 6 aromatic carbocycles. The molecule has 63 heavy (non-hydrogen) atoms. The van der Waals surface area contributed by atoms with Crippen LogP contribution in [0, 0.1) is 29.1 Å². The standard InChI is InChI=1S/C62H65N/c1-57(2)29-31-59(5,6)55-45(14-11-17-50(55)57)39-19-23-42(24-20-39)63(43-25-21-40(22-26-43)46-15-12-18-51-56(46)60(7,8)32-30-58(51,3)4)44-27-28-48-47-13-9-10-16-49(47)62(52(48)36-44)53-34-38-33-41-35-54(62)61(41,53)37-38/h9-28,36,38,41,53-54H,29-35,37H2,1-8H3. The molecule has 2 spiro atoms. The van der Waals surface area contributed by atoms with Crippen LogP contribution in [0.25, 0.3) is 33.4 Å². The molecule has 0 saturated heterocycles. The second-order valence-electron chi connectivity index (χ2n) is 24.3. The minimum Gasteiger partial charge on any atom is -0.310 e. The number of anilines is 3. The van der Waals surface area contributed by atoms with Crippen molar-refractivity contribution in [1.82, 2.24) is 0 Å². The zero-order chi connectivity index (χ0) is 43.1.